The van der Waals surface area contributed by atoms with Crippen LogP contribution in [0.25, 0.3) is 0 Å². The number of nitrogens with one attached hydrogen (secondary N) is 2. The summed E-state index contributed by atoms with van der Waals surface area (Å²) >= 11 is 1.10. The van der Waals surface area contributed by atoms with Crippen LogP contribution in [0.2, 0.25) is 0 Å². The molecule has 0 aliphatic carbocycles. The van der Waals surface area contributed by atoms with Gasteiger partial charge in [-0.25, -0.2) is 9.82 Å². The Morgan fingerprint density at radius 3 is 2.38 bits per heavy atom. The first-order valence-electron chi connectivity index (χ1n) is 11.1. The lowest BCUT2D eigenvalue weighted by molar-refractivity contribution is -0.120. The number of aromatic nitrogens is 2. The summed E-state index contributed by atoms with van der Waals surface area (Å²) in [5.74, 6) is 0.289. The number of carbonyl (C=O) groups is 2. The molecule has 0 fully saturated rings. The van der Waals surface area contributed by atoms with Gasteiger partial charge < -0.3 is 9.47 Å². The molecule has 188 valence electrons. The van der Waals surface area contributed by atoms with Crippen LogP contribution in [0.1, 0.15) is 26.5 Å². The molecule has 1 aromatic heterocycles. The van der Waals surface area contributed by atoms with E-state index in [9.17, 15) is 14.0 Å². The molecule has 0 spiro atoms. The van der Waals surface area contributed by atoms with Crippen LogP contribution in [0.15, 0.2) is 77.9 Å². The first-order chi connectivity index (χ1) is 18.0. The van der Waals surface area contributed by atoms with Gasteiger partial charge in [-0.2, -0.15) is 5.10 Å². The average molecular weight is 520 g/mol. The lowest BCUT2D eigenvalue weighted by atomic mass is 10.2. The zero-order valence-electron chi connectivity index (χ0n) is 19.7. The lowest BCUT2D eigenvalue weighted by Gasteiger charge is -2.06. The van der Waals surface area contributed by atoms with E-state index in [4.69, 9.17) is 9.47 Å². The Kier molecular flexibility index (Phi) is 8.50. The Morgan fingerprint density at radius 1 is 0.973 bits per heavy atom. The predicted octanol–water partition coefficient (Wildman–Crippen LogP) is 4.21. The lowest BCUT2D eigenvalue weighted by Crippen LogP contribution is -2.19. The van der Waals surface area contributed by atoms with Crippen molar-refractivity contribution < 1.29 is 23.5 Å². The van der Waals surface area contributed by atoms with Crippen molar-refractivity contribution in [2.45, 2.75) is 13.0 Å². The highest BCUT2D eigenvalue weighted by Crippen LogP contribution is 2.18. The first-order valence-corrected chi connectivity index (χ1v) is 11.9. The van der Waals surface area contributed by atoms with E-state index in [2.05, 4.69) is 26.0 Å². The van der Waals surface area contributed by atoms with E-state index >= 15 is 0 Å². The summed E-state index contributed by atoms with van der Waals surface area (Å²) in [5.41, 5.74) is 4.50. The highest BCUT2D eigenvalue weighted by molar-refractivity contribution is 7.15. The largest absolute Gasteiger partial charge is 0.497 e. The summed E-state index contributed by atoms with van der Waals surface area (Å²) in [7, 11) is 1.55. The van der Waals surface area contributed by atoms with Gasteiger partial charge in [0.1, 0.15) is 28.9 Å². The summed E-state index contributed by atoms with van der Waals surface area (Å²) < 4.78 is 23.7. The Hall–Kier alpha value is -4.64. The number of amides is 2. The third-order valence-corrected chi connectivity index (χ3v) is 5.79. The third-order valence-electron chi connectivity index (χ3n) is 4.95. The molecule has 37 heavy (non-hydrogen) atoms. The number of rotatable bonds is 10. The van der Waals surface area contributed by atoms with E-state index in [-0.39, 0.29) is 29.2 Å². The maximum absolute atomic E-state index is 13.0. The minimum atomic E-state index is -0.375. The second-order valence-electron chi connectivity index (χ2n) is 7.64. The molecule has 0 atom stereocenters. The Bertz CT molecular complexity index is 1370. The molecule has 4 aromatic rings. The van der Waals surface area contributed by atoms with Crippen molar-refractivity contribution in [3.63, 3.8) is 0 Å². The Balaban J connectivity index is 1.21. The molecule has 2 amide bonds. The summed E-state index contributed by atoms with van der Waals surface area (Å²) in [6.45, 7) is 0.322. The molecular weight excluding hydrogens is 497 g/mol. The topological polar surface area (TPSA) is 115 Å². The number of carbonyl (C=O) groups excluding carboxylic acids is 2. The van der Waals surface area contributed by atoms with Crippen LogP contribution >= 0.6 is 11.3 Å². The summed E-state index contributed by atoms with van der Waals surface area (Å²) in [5, 5.41) is 15.2. The normalized spacial score (nSPS) is 10.8. The van der Waals surface area contributed by atoms with Crippen LogP contribution in [0, 0.1) is 5.82 Å². The first kappa shape index (κ1) is 25.5. The van der Waals surface area contributed by atoms with Crippen molar-refractivity contribution in [1.29, 1.82) is 0 Å². The molecule has 11 heteroatoms. The minimum absolute atomic E-state index is 0.0381. The van der Waals surface area contributed by atoms with E-state index in [0.717, 1.165) is 22.5 Å². The van der Waals surface area contributed by atoms with Gasteiger partial charge in [-0.15, -0.1) is 10.2 Å². The minimum Gasteiger partial charge on any atom is -0.497 e. The number of benzene rings is 3. The van der Waals surface area contributed by atoms with Crippen LogP contribution in [0.5, 0.6) is 11.5 Å². The fraction of sp³-hybridized carbons (Fsp3) is 0.115. The second kappa shape index (κ2) is 12.4. The number of nitrogens with zero attached hydrogens (tertiary/aromatic N) is 3. The van der Waals surface area contributed by atoms with Gasteiger partial charge in [-0.1, -0.05) is 23.5 Å². The molecule has 0 aliphatic heterocycles. The monoisotopic (exact) mass is 519 g/mol. The molecule has 2 N–H and O–H groups in total. The summed E-state index contributed by atoms with van der Waals surface area (Å²) in [6.07, 6.45) is 1.46. The molecule has 0 radical (unpaired) electrons. The average Bonchev–Trinajstić information content (AvgIpc) is 3.35. The van der Waals surface area contributed by atoms with Crippen molar-refractivity contribution in [2.24, 2.45) is 5.10 Å². The SMILES string of the molecule is COc1ccc(C(=O)Nc2nnc(CC(=O)N/N=C/c3ccc(OCc4ccc(F)cc4)cc3)s2)cc1. The van der Waals surface area contributed by atoms with Gasteiger partial charge in [-0.05, 0) is 71.8 Å². The zero-order chi connectivity index (χ0) is 26.0. The van der Waals surface area contributed by atoms with Crippen LogP contribution in [0.4, 0.5) is 9.52 Å². The number of halogens is 1. The molecule has 1 heterocycles. The van der Waals surface area contributed by atoms with Gasteiger partial charge >= 0.3 is 0 Å². The van der Waals surface area contributed by atoms with Gasteiger partial charge in [0.05, 0.1) is 19.7 Å². The Labute approximate surface area is 216 Å². The number of methoxy groups -OCH3 is 1. The van der Waals surface area contributed by atoms with E-state index in [1.165, 1.54) is 18.3 Å². The summed E-state index contributed by atoms with van der Waals surface area (Å²) in [4.78, 5) is 24.5. The zero-order valence-corrected chi connectivity index (χ0v) is 20.5. The number of hydrogen-bond donors (Lipinski definition) is 2. The van der Waals surface area contributed by atoms with Gasteiger partial charge in [-0.3, -0.25) is 14.9 Å². The van der Waals surface area contributed by atoms with Gasteiger partial charge in [0.15, 0.2) is 0 Å². The molecule has 0 saturated carbocycles. The quantitative estimate of drug-likeness (QED) is 0.240. The van der Waals surface area contributed by atoms with Crippen molar-refractivity contribution >= 4 is 34.5 Å². The van der Waals surface area contributed by atoms with Crippen LogP contribution < -0.4 is 20.2 Å². The molecule has 3 aromatic carbocycles. The number of ether oxygens (including phenoxy) is 2. The fourth-order valence-corrected chi connectivity index (χ4v) is 3.77. The van der Waals surface area contributed by atoms with E-state index in [1.807, 2.05) is 0 Å². The Morgan fingerprint density at radius 2 is 1.68 bits per heavy atom. The second-order valence-corrected chi connectivity index (χ2v) is 8.70. The molecule has 4 rings (SSSR count). The molecule has 0 saturated heterocycles. The smallest absolute Gasteiger partial charge is 0.257 e. The predicted molar refractivity (Wildman–Crippen MR) is 137 cm³/mol. The van der Waals surface area contributed by atoms with Crippen molar-refractivity contribution in [3.05, 3.63) is 100 Å². The number of hydrazone groups is 1. The van der Waals surface area contributed by atoms with Crippen molar-refractivity contribution in [2.75, 3.05) is 12.4 Å². The maximum Gasteiger partial charge on any atom is 0.257 e. The maximum atomic E-state index is 13.0. The molecule has 0 unspecified atom stereocenters. The van der Waals surface area contributed by atoms with E-state index in [0.29, 0.717) is 28.7 Å². The fourth-order valence-electron chi connectivity index (χ4n) is 3.04. The van der Waals surface area contributed by atoms with Gasteiger partial charge in [0.25, 0.3) is 5.91 Å². The van der Waals surface area contributed by atoms with Crippen LogP contribution in [0.3, 0.4) is 0 Å². The van der Waals surface area contributed by atoms with Crippen LogP contribution in [-0.4, -0.2) is 35.3 Å². The van der Waals surface area contributed by atoms with Crippen molar-refractivity contribution in [3.8, 4) is 11.5 Å². The third kappa shape index (κ3) is 7.67. The molecular formula is C26H22FN5O4S. The van der Waals surface area contributed by atoms with E-state index in [1.54, 1.807) is 67.8 Å². The van der Waals surface area contributed by atoms with E-state index < -0.39 is 0 Å². The molecule has 0 bridgehead atoms. The van der Waals surface area contributed by atoms with Crippen LogP contribution in [-0.2, 0) is 17.8 Å². The number of hydrogen-bond acceptors (Lipinski definition) is 8. The number of anilines is 1. The highest BCUT2D eigenvalue weighted by atomic mass is 32.1. The standard InChI is InChI=1S/C26H22FN5O4S/c1-35-21-12-6-19(7-13-21)25(34)29-26-32-31-24(37-26)14-23(33)30-28-15-17-4-10-22(11-5-17)36-16-18-2-8-20(27)9-3-18/h2-13,15H,14,16H2,1H3,(H,30,33)(H,29,32,34)/b28-15+. The van der Waals surface area contributed by atoms with Gasteiger partial charge in [0, 0.05) is 5.56 Å². The molecule has 0 aliphatic rings. The van der Waals surface area contributed by atoms with Crippen molar-refractivity contribution in [1.82, 2.24) is 15.6 Å². The highest BCUT2D eigenvalue weighted by Gasteiger charge is 2.12. The molecule has 9 nitrogen and oxygen atoms in total. The van der Waals surface area contributed by atoms with Gasteiger partial charge in [0.2, 0.25) is 11.0 Å². The summed E-state index contributed by atoms with van der Waals surface area (Å²) in [6, 6.07) is 19.9.